The van der Waals surface area contributed by atoms with Crippen LogP contribution in [0, 0.1) is 5.41 Å². The number of hydrogen-bond donors (Lipinski definition) is 0. The second-order valence-corrected chi connectivity index (χ2v) is 10.4. The number of hydrogen-bond acceptors (Lipinski definition) is 2. The van der Waals surface area contributed by atoms with Gasteiger partial charge >= 0.3 is 5.97 Å². The molecule has 1 aromatic carbocycles. The topological polar surface area (TPSA) is 26.3 Å². The van der Waals surface area contributed by atoms with E-state index < -0.39 is 0 Å². The molecule has 0 heterocycles. The van der Waals surface area contributed by atoms with Gasteiger partial charge in [-0.3, -0.25) is 4.79 Å². The summed E-state index contributed by atoms with van der Waals surface area (Å²) in [7, 11) is 0. The van der Waals surface area contributed by atoms with Crippen LogP contribution in [-0.4, -0.2) is 5.97 Å². The third kappa shape index (κ3) is 13.9. The highest BCUT2D eigenvalue weighted by Gasteiger charge is 2.34. The molecule has 0 aromatic heterocycles. The van der Waals surface area contributed by atoms with Crippen LogP contribution in [0.1, 0.15) is 149 Å². The summed E-state index contributed by atoms with van der Waals surface area (Å²) in [6, 6.07) is 8.18. The van der Waals surface area contributed by atoms with Gasteiger partial charge < -0.3 is 4.74 Å². The lowest BCUT2D eigenvalue weighted by molar-refractivity contribution is -0.146. The molecule has 1 rings (SSSR count). The molecule has 0 saturated heterocycles. The monoisotopic (exact) mass is 458 g/mol. The Hall–Kier alpha value is -1.31. The first-order valence-corrected chi connectivity index (χ1v) is 14.4. The van der Waals surface area contributed by atoms with Gasteiger partial charge in [0.15, 0.2) is 0 Å². The predicted molar refractivity (Wildman–Crippen MR) is 144 cm³/mol. The molecule has 0 bridgehead atoms. The molecule has 2 heteroatoms. The van der Waals surface area contributed by atoms with Crippen LogP contribution in [0.5, 0.6) is 5.75 Å². The SMILES string of the molecule is CCCCCCCCCCC(C)(CCCCCCCC)C(=O)Oc1ccc(CCCC)cc1. The van der Waals surface area contributed by atoms with Crippen LogP contribution in [0.25, 0.3) is 0 Å². The van der Waals surface area contributed by atoms with Gasteiger partial charge in [-0.2, -0.15) is 0 Å². The van der Waals surface area contributed by atoms with Gasteiger partial charge in [-0.05, 0) is 50.3 Å². The Morgan fingerprint density at radius 3 is 1.52 bits per heavy atom. The normalized spacial score (nSPS) is 13.1. The lowest BCUT2D eigenvalue weighted by atomic mass is 9.79. The Balaban J connectivity index is 2.56. The third-order valence-electron chi connectivity index (χ3n) is 7.11. The lowest BCUT2D eigenvalue weighted by Gasteiger charge is -2.27. The maximum Gasteiger partial charge on any atom is 0.317 e. The zero-order chi connectivity index (χ0) is 24.2. The van der Waals surface area contributed by atoms with Crippen LogP contribution in [0.4, 0.5) is 0 Å². The largest absolute Gasteiger partial charge is 0.426 e. The summed E-state index contributed by atoms with van der Waals surface area (Å²) >= 11 is 0. The molecule has 0 spiro atoms. The van der Waals surface area contributed by atoms with E-state index in [2.05, 4.69) is 39.8 Å². The molecule has 1 unspecified atom stereocenters. The number of esters is 1. The summed E-state index contributed by atoms with van der Waals surface area (Å²) in [5.74, 6) is 0.672. The molecule has 0 aliphatic heterocycles. The van der Waals surface area contributed by atoms with E-state index in [4.69, 9.17) is 4.74 Å². The van der Waals surface area contributed by atoms with E-state index in [1.165, 1.54) is 95.5 Å². The van der Waals surface area contributed by atoms with Crippen LogP contribution in [0.2, 0.25) is 0 Å². The fraction of sp³-hybridized carbons (Fsp3) is 0.774. The second-order valence-electron chi connectivity index (χ2n) is 10.4. The van der Waals surface area contributed by atoms with Crippen molar-refractivity contribution in [3.05, 3.63) is 29.8 Å². The number of benzene rings is 1. The van der Waals surface area contributed by atoms with Gasteiger partial charge in [0.25, 0.3) is 0 Å². The number of unbranched alkanes of at least 4 members (excludes halogenated alkanes) is 13. The van der Waals surface area contributed by atoms with Crippen LogP contribution >= 0.6 is 0 Å². The highest BCUT2D eigenvalue weighted by Crippen LogP contribution is 2.34. The van der Waals surface area contributed by atoms with Gasteiger partial charge in [-0.25, -0.2) is 0 Å². The van der Waals surface area contributed by atoms with E-state index >= 15 is 0 Å². The Bertz CT molecular complexity index is 591. The second kappa shape index (κ2) is 19.0. The highest BCUT2D eigenvalue weighted by molar-refractivity contribution is 5.78. The first-order valence-electron chi connectivity index (χ1n) is 14.4. The van der Waals surface area contributed by atoms with Crippen LogP contribution < -0.4 is 4.74 Å². The average molecular weight is 459 g/mol. The van der Waals surface area contributed by atoms with Gasteiger partial charge in [0, 0.05) is 0 Å². The Morgan fingerprint density at radius 2 is 1.06 bits per heavy atom. The van der Waals surface area contributed by atoms with Crippen LogP contribution in [0.15, 0.2) is 24.3 Å². The molecule has 33 heavy (non-hydrogen) atoms. The first kappa shape index (κ1) is 29.7. The quantitative estimate of drug-likeness (QED) is 0.104. The van der Waals surface area contributed by atoms with Crippen molar-refractivity contribution >= 4 is 5.97 Å². The smallest absolute Gasteiger partial charge is 0.317 e. The third-order valence-corrected chi connectivity index (χ3v) is 7.11. The predicted octanol–water partition coefficient (Wildman–Crippen LogP) is 10.2. The molecule has 0 amide bonds. The van der Waals surface area contributed by atoms with E-state index in [1.54, 1.807) is 0 Å². The number of carbonyl (C=O) groups is 1. The average Bonchev–Trinajstić information content (AvgIpc) is 2.82. The summed E-state index contributed by atoms with van der Waals surface area (Å²) in [6.07, 6.45) is 23.4. The summed E-state index contributed by atoms with van der Waals surface area (Å²) in [6.45, 7) is 8.89. The highest BCUT2D eigenvalue weighted by atomic mass is 16.5. The van der Waals surface area contributed by atoms with Crippen molar-refractivity contribution in [3.8, 4) is 5.75 Å². The van der Waals surface area contributed by atoms with Crippen LogP contribution in [0.3, 0.4) is 0 Å². The Kier molecular flexibility index (Phi) is 17.2. The minimum atomic E-state index is -0.367. The maximum atomic E-state index is 13.3. The standard InChI is InChI=1S/C31H54O2/c1-5-8-11-13-15-16-18-20-27-31(4,26-19-17-14-12-9-6-2)30(32)33-29-24-22-28(23-25-29)21-10-7-3/h22-25H,5-21,26-27H2,1-4H3. The van der Waals surface area contributed by atoms with Gasteiger partial charge in [-0.15, -0.1) is 0 Å². The van der Waals surface area contributed by atoms with Gasteiger partial charge in [0.2, 0.25) is 0 Å². The number of rotatable bonds is 21. The molecular formula is C31H54O2. The zero-order valence-corrected chi connectivity index (χ0v) is 22.6. The molecule has 0 N–H and O–H groups in total. The Morgan fingerprint density at radius 1 is 0.636 bits per heavy atom. The molecular weight excluding hydrogens is 404 g/mol. The van der Waals surface area contributed by atoms with E-state index in [0.717, 1.165) is 32.1 Å². The molecule has 0 radical (unpaired) electrons. The van der Waals surface area contributed by atoms with Crippen molar-refractivity contribution in [1.29, 1.82) is 0 Å². The summed E-state index contributed by atoms with van der Waals surface area (Å²) < 4.78 is 5.92. The van der Waals surface area contributed by atoms with Crippen molar-refractivity contribution in [3.63, 3.8) is 0 Å². The minimum Gasteiger partial charge on any atom is -0.426 e. The molecule has 1 atom stereocenters. The van der Waals surface area contributed by atoms with Crippen molar-refractivity contribution in [2.24, 2.45) is 5.41 Å². The number of carbonyl (C=O) groups excluding carboxylic acids is 1. The fourth-order valence-corrected chi connectivity index (χ4v) is 4.61. The minimum absolute atomic E-state index is 0.0275. The molecule has 190 valence electrons. The van der Waals surface area contributed by atoms with E-state index in [1.807, 2.05) is 12.1 Å². The van der Waals surface area contributed by atoms with Crippen LogP contribution in [-0.2, 0) is 11.2 Å². The van der Waals surface area contributed by atoms with Crippen molar-refractivity contribution in [2.75, 3.05) is 0 Å². The number of aryl methyl sites for hydroxylation is 1. The molecule has 0 saturated carbocycles. The lowest BCUT2D eigenvalue weighted by Crippen LogP contribution is -2.32. The van der Waals surface area contributed by atoms with Crippen molar-refractivity contribution in [2.45, 2.75) is 150 Å². The molecule has 0 aliphatic carbocycles. The van der Waals surface area contributed by atoms with E-state index in [-0.39, 0.29) is 11.4 Å². The number of ether oxygens (including phenoxy) is 1. The first-order chi connectivity index (χ1) is 16.1. The van der Waals surface area contributed by atoms with Gasteiger partial charge in [0.1, 0.15) is 5.75 Å². The zero-order valence-electron chi connectivity index (χ0n) is 22.6. The van der Waals surface area contributed by atoms with Crippen molar-refractivity contribution < 1.29 is 9.53 Å². The maximum absolute atomic E-state index is 13.3. The molecule has 0 aliphatic rings. The summed E-state index contributed by atoms with van der Waals surface area (Å²) in [4.78, 5) is 13.3. The molecule has 1 aromatic rings. The Labute approximate surface area is 206 Å². The molecule has 0 fully saturated rings. The summed E-state index contributed by atoms with van der Waals surface area (Å²) in [5, 5.41) is 0. The fourth-order valence-electron chi connectivity index (χ4n) is 4.61. The van der Waals surface area contributed by atoms with Gasteiger partial charge in [-0.1, -0.05) is 129 Å². The van der Waals surface area contributed by atoms with Crippen molar-refractivity contribution in [1.82, 2.24) is 0 Å². The van der Waals surface area contributed by atoms with Gasteiger partial charge in [0.05, 0.1) is 5.41 Å². The molecule has 2 nitrogen and oxygen atoms in total. The van der Waals surface area contributed by atoms with E-state index in [0.29, 0.717) is 5.75 Å². The summed E-state index contributed by atoms with van der Waals surface area (Å²) in [5.41, 5.74) is 0.957. The van der Waals surface area contributed by atoms with E-state index in [9.17, 15) is 4.79 Å².